The van der Waals surface area contributed by atoms with Gasteiger partial charge in [-0.3, -0.25) is 0 Å². The molecule has 0 aliphatic rings. The summed E-state index contributed by atoms with van der Waals surface area (Å²) in [6.45, 7) is 2.22. The maximum absolute atomic E-state index is 9.79. The highest BCUT2D eigenvalue weighted by molar-refractivity contribution is 5.30. The molecule has 0 saturated heterocycles. The number of phenols is 1. The first-order chi connectivity index (χ1) is 11.1. The molecular weight excluding hydrogens is 292 g/mol. The second kappa shape index (κ2) is 10.6. The van der Waals surface area contributed by atoms with E-state index >= 15 is 0 Å². The van der Waals surface area contributed by atoms with Gasteiger partial charge in [-0.15, -0.1) is 0 Å². The molecule has 0 aromatic heterocycles. The average Bonchev–Trinajstić information content (AvgIpc) is 2.57. The summed E-state index contributed by atoms with van der Waals surface area (Å²) < 4.78 is 16.7. The van der Waals surface area contributed by atoms with Crippen molar-refractivity contribution in [3.05, 3.63) is 29.8 Å². The van der Waals surface area contributed by atoms with Crippen LogP contribution in [0.1, 0.15) is 63.4 Å². The van der Waals surface area contributed by atoms with Gasteiger partial charge in [-0.1, -0.05) is 57.6 Å². The van der Waals surface area contributed by atoms with E-state index in [0.717, 1.165) is 18.4 Å². The number of rotatable bonds is 12. The van der Waals surface area contributed by atoms with Crippen molar-refractivity contribution in [1.29, 1.82) is 0 Å². The summed E-state index contributed by atoms with van der Waals surface area (Å²) in [5, 5.41) is 9.79. The van der Waals surface area contributed by atoms with E-state index in [4.69, 9.17) is 14.2 Å². The lowest BCUT2D eigenvalue weighted by atomic mass is 9.90. The van der Waals surface area contributed by atoms with Crippen LogP contribution in [0.4, 0.5) is 0 Å². The predicted molar refractivity (Wildman–Crippen MR) is 92.6 cm³/mol. The van der Waals surface area contributed by atoms with E-state index in [0.29, 0.717) is 0 Å². The lowest BCUT2D eigenvalue weighted by Gasteiger charge is -2.36. The van der Waals surface area contributed by atoms with Crippen molar-refractivity contribution in [1.82, 2.24) is 0 Å². The van der Waals surface area contributed by atoms with Crippen molar-refractivity contribution in [2.24, 2.45) is 0 Å². The molecule has 1 aromatic carbocycles. The molecule has 1 unspecified atom stereocenters. The number of hydrogen-bond acceptors (Lipinski definition) is 4. The van der Waals surface area contributed by atoms with Gasteiger partial charge < -0.3 is 19.3 Å². The molecule has 1 atom stereocenters. The Hall–Kier alpha value is -1.10. The third-order valence-electron chi connectivity index (χ3n) is 4.40. The van der Waals surface area contributed by atoms with Gasteiger partial charge in [-0.25, -0.2) is 0 Å². The van der Waals surface area contributed by atoms with Crippen LogP contribution in [-0.2, 0) is 14.2 Å². The lowest BCUT2D eigenvalue weighted by Crippen LogP contribution is -2.42. The number of hydrogen-bond donors (Lipinski definition) is 1. The van der Waals surface area contributed by atoms with Gasteiger partial charge >= 0.3 is 0 Å². The molecule has 0 amide bonds. The van der Waals surface area contributed by atoms with Crippen LogP contribution in [0.2, 0.25) is 0 Å². The molecule has 0 aliphatic heterocycles. The Morgan fingerprint density at radius 1 is 0.957 bits per heavy atom. The van der Waals surface area contributed by atoms with Gasteiger partial charge in [-0.2, -0.15) is 0 Å². The van der Waals surface area contributed by atoms with Gasteiger partial charge in [0.1, 0.15) is 5.75 Å². The SMILES string of the molecule is CCCCCCCCC(c1cccc(O)c1)C(OC)(OC)OC. The van der Waals surface area contributed by atoms with Crippen molar-refractivity contribution in [2.45, 2.75) is 63.8 Å². The number of methoxy groups -OCH3 is 3. The van der Waals surface area contributed by atoms with Gasteiger partial charge in [0, 0.05) is 21.3 Å². The van der Waals surface area contributed by atoms with Gasteiger partial charge in [-0.05, 0) is 24.1 Å². The van der Waals surface area contributed by atoms with Crippen molar-refractivity contribution >= 4 is 0 Å². The highest BCUT2D eigenvalue weighted by Gasteiger charge is 2.40. The Morgan fingerprint density at radius 2 is 1.57 bits per heavy atom. The molecule has 1 aromatic rings. The monoisotopic (exact) mass is 324 g/mol. The Kier molecular flexibility index (Phi) is 9.22. The fourth-order valence-corrected chi connectivity index (χ4v) is 3.09. The topological polar surface area (TPSA) is 47.9 Å². The van der Waals surface area contributed by atoms with Crippen molar-refractivity contribution < 1.29 is 19.3 Å². The number of benzene rings is 1. The van der Waals surface area contributed by atoms with Gasteiger partial charge in [0.25, 0.3) is 5.97 Å². The zero-order chi connectivity index (χ0) is 17.1. The van der Waals surface area contributed by atoms with Crippen molar-refractivity contribution in [3.8, 4) is 5.75 Å². The molecular formula is C19H32O4. The van der Waals surface area contributed by atoms with Gasteiger partial charge in [0.15, 0.2) is 0 Å². The van der Waals surface area contributed by atoms with E-state index in [1.807, 2.05) is 12.1 Å². The molecule has 1 N–H and O–H groups in total. The maximum Gasteiger partial charge on any atom is 0.289 e. The molecule has 0 heterocycles. The predicted octanol–water partition coefficient (Wildman–Crippen LogP) is 4.82. The van der Waals surface area contributed by atoms with E-state index in [-0.39, 0.29) is 11.7 Å². The Morgan fingerprint density at radius 3 is 2.13 bits per heavy atom. The highest BCUT2D eigenvalue weighted by Crippen LogP contribution is 2.38. The van der Waals surface area contributed by atoms with Crippen LogP contribution < -0.4 is 0 Å². The molecule has 0 spiro atoms. The first kappa shape index (κ1) is 19.9. The maximum atomic E-state index is 9.79. The minimum absolute atomic E-state index is 0.0965. The third kappa shape index (κ3) is 5.79. The summed E-state index contributed by atoms with van der Waals surface area (Å²) in [6.07, 6.45) is 8.23. The summed E-state index contributed by atoms with van der Waals surface area (Å²) >= 11 is 0. The summed E-state index contributed by atoms with van der Waals surface area (Å²) in [6, 6.07) is 7.24. The van der Waals surface area contributed by atoms with E-state index < -0.39 is 5.97 Å². The van der Waals surface area contributed by atoms with Crippen LogP contribution in [0.15, 0.2) is 24.3 Å². The molecule has 0 aliphatic carbocycles. The first-order valence-electron chi connectivity index (χ1n) is 8.57. The van der Waals surface area contributed by atoms with Gasteiger partial charge in [0.05, 0.1) is 5.92 Å². The smallest absolute Gasteiger partial charge is 0.289 e. The number of ether oxygens (including phenoxy) is 3. The van der Waals surface area contributed by atoms with Crippen LogP contribution in [0, 0.1) is 0 Å². The molecule has 0 saturated carbocycles. The molecule has 4 heteroatoms. The van der Waals surface area contributed by atoms with E-state index in [1.165, 1.54) is 32.1 Å². The normalized spacial score (nSPS) is 13.2. The van der Waals surface area contributed by atoms with Crippen LogP contribution >= 0.6 is 0 Å². The van der Waals surface area contributed by atoms with Crippen LogP contribution in [0.25, 0.3) is 0 Å². The minimum atomic E-state index is -1.13. The molecule has 0 fully saturated rings. The lowest BCUT2D eigenvalue weighted by molar-refractivity contribution is -0.365. The standard InChI is InChI=1S/C19H32O4/c1-5-6-7-8-9-10-14-18(19(21-2,22-3)23-4)16-12-11-13-17(20)15-16/h11-13,15,18,20H,5-10,14H2,1-4H3. The Bertz CT molecular complexity index is 421. The fourth-order valence-electron chi connectivity index (χ4n) is 3.09. The molecule has 132 valence electrons. The van der Waals surface area contributed by atoms with E-state index in [1.54, 1.807) is 33.5 Å². The molecule has 1 rings (SSSR count). The largest absolute Gasteiger partial charge is 0.508 e. The molecule has 0 bridgehead atoms. The third-order valence-corrected chi connectivity index (χ3v) is 4.40. The summed E-state index contributed by atoms with van der Waals surface area (Å²) in [5.41, 5.74) is 0.962. The Labute approximate surface area is 140 Å². The fraction of sp³-hybridized carbons (Fsp3) is 0.684. The number of unbranched alkanes of at least 4 members (excludes halogenated alkanes) is 5. The summed E-state index contributed by atoms with van der Waals surface area (Å²) in [7, 11) is 4.76. The second-order valence-electron chi connectivity index (χ2n) is 5.92. The zero-order valence-corrected chi connectivity index (χ0v) is 15.0. The molecule has 0 radical (unpaired) electrons. The quantitative estimate of drug-likeness (QED) is 0.442. The van der Waals surface area contributed by atoms with E-state index in [9.17, 15) is 5.11 Å². The van der Waals surface area contributed by atoms with Gasteiger partial charge in [0.2, 0.25) is 0 Å². The van der Waals surface area contributed by atoms with Crippen LogP contribution in [-0.4, -0.2) is 32.4 Å². The van der Waals surface area contributed by atoms with E-state index in [2.05, 4.69) is 6.92 Å². The number of phenolic OH excluding ortho intramolecular Hbond substituents is 1. The van der Waals surface area contributed by atoms with Crippen LogP contribution in [0.5, 0.6) is 5.75 Å². The van der Waals surface area contributed by atoms with Crippen molar-refractivity contribution in [2.75, 3.05) is 21.3 Å². The second-order valence-corrected chi connectivity index (χ2v) is 5.92. The summed E-state index contributed by atoms with van der Waals surface area (Å²) in [5.74, 6) is -0.981. The Balaban J connectivity index is 2.81. The van der Waals surface area contributed by atoms with Crippen LogP contribution in [0.3, 0.4) is 0 Å². The molecule has 23 heavy (non-hydrogen) atoms. The number of aromatic hydroxyl groups is 1. The summed E-state index contributed by atoms with van der Waals surface area (Å²) in [4.78, 5) is 0. The average molecular weight is 324 g/mol. The molecule has 4 nitrogen and oxygen atoms in total. The highest BCUT2D eigenvalue weighted by atomic mass is 16.9. The first-order valence-corrected chi connectivity index (χ1v) is 8.57. The zero-order valence-electron chi connectivity index (χ0n) is 15.0. The van der Waals surface area contributed by atoms with Crippen molar-refractivity contribution in [3.63, 3.8) is 0 Å². The minimum Gasteiger partial charge on any atom is -0.508 e.